The van der Waals surface area contributed by atoms with E-state index in [1.165, 1.54) is 0 Å². The van der Waals surface area contributed by atoms with Gasteiger partial charge in [-0.3, -0.25) is 9.38 Å². The van der Waals surface area contributed by atoms with Crippen LogP contribution in [0, 0.1) is 0 Å². The summed E-state index contributed by atoms with van der Waals surface area (Å²) in [5, 5.41) is 10.6. The van der Waals surface area contributed by atoms with E-state index in [0.29, 0.717) is 12.4 Å². The third-order valence-electron chi connectivity index (χ3n) is 5.24. The van der Waals surface area contributed by atoms with Crippen LogP contribution in [0.15, 0.2) is 65.4 Å². The van der Waals surface area contributed by atoms with Gasteiger partial charge in [0.05, 0.1) is 37.2 Å². The van der Waals surface area contributed by atoms with Crippen LogP contribution in [0.25, 0.3) is 22.3 Å². The van der Waals surface area contributed by atoms with Crippen LogP contribution in [0.5, 0.6) is 0 Å². The van der Waals surface area contributed by atoms with E-state index in [1.54, 1.807) is 11.8 Å². The van der Waals surface area contributed by atoms with Crippen LogP contribution >= 0.6 is 11.8 Å². The van der Waals surface area contributed by atoms with Gasteiger partial charge in [0, 0.05) is 35.1 Å². The normalized spacial score (nSPS) is 13.6. The van der Waals surface area contributed by atoms with Crippen molar-refractivity contribution in [1.82, 2.24) is 19.6 Å². The van der Waals surface area contributed by atoms with Gasteiger partial charge in [0.25, 0.3) is 0 Å². The van der Waals surface area contributed by atoms with Gasteiger partial charge in [-0.1, -0.05) is 20.4 Å². The Morgan fingerprint density at radius 3 is 2.73 bits per heavy atom. The molecule has 0 spiro atoms. The molecular formula is C25H29N5O2S. The van der Waals surface area contributed by atoms with E-state index in [9.17, 15) is 0 Å². The van der Waals surface area contributed by atoms with E-state index < -0.39 is 0 Å². The first-order valence-corrected chi connectivity index (χ1v) is 12.1. The number of anilines is 1. The molecule has 1 aliphatic heterocycles. The number of fused-ring (bicyclic) bond motifs is 2. The van der Waals surface area contributed by atoms with Crippen LogP contribution in [-0.4, -0.2) is 52.5 Å². The fourth-order valence-corrected chi connectivity index (χ4v) is 4.48. The monoisotopic (exact) mass is 463 g/mol. The molecule has 33 heavy (non-hydrogen) atoms. The van der Waals surface area contributed by atoms with E-state index in [0.717, 1.165) is 64.2 Å². The van der Waals surface area contributed by atoms with Gasteiger partial charge in [0.2, 0.25) is 0 Å². The summed E-state index contributed by atoms with van der Waals surface area (Å²) < 4.78 is 13.0. The number of nitrogens with zero attached hydrogens (tertiary/aromatic N) is 5. The summed E-state index contributed by atoms with van der Waals surface area (Å²) in [5.41, 5.74) is 3.80. The molecule has 5 rings (SSSR count). The topological polar surface area (TPSA) is 64.8 Å². The Bertz CT molecular complexity index is 1250. The van der Waals surface area contributed by atoms with Gasteiger partial charge in [0.15, 0.2) is 10.8 Å². The van der Waals surface area contributed by atoms with E-state index in [4.69, 9.17) is 9.47 Å². The minimum absolute atomic E-state index is 0.582. The zero-order valence-corrected chi connectivity index (χ0v) is 20.1. The molecule has 0 bridgehead atoms. The summed E-state index contributed by atoms with van der Waals surface area (Å²) in [4.78, 5) is 8.04. The van der Waals surface area contributed by atoms with Crippen molar-refractivity contribution in [3.8, 4) is 0 Å². The van der Waals surface area contributed by atoms with Crippen molar-refractivity contribution in [3.63, 3.8) is 0 Å². The number of hydrogen-bond acceptors (Lipinski definition) is 7. The summed E-state index contributed by atoms with van der Waals surface area (Å²) in [6.45, 7) is 13.8. The number of aromatic nitrogens is 4. The Balaban J connectivity index is 0.00000126. The molecule has 1 saturated heterocycles. The molecule has 1 fully saturated rings. The lowest BCUT2D eigenvalue weighted by atomic mass is 10.2. The van der Waals surface area contributed by atoms with Crippen molar-refractivity contribution in [1.29, 1.82) is 0 Å². The van der Waals surface area contributed by atoms with Gasteiger partial charge in [-0.25, -0.2) is 0 Å². The third kappa shape index (κ3) is 5.12. The highest BCUT2D eigenvalue weighted by Crippen LogP contribution is 2.31. The quantitative estimate of drug-likeness (QED) is 0.360. The first-order chi connectivity index (χ1) is 16.2. The van der Waals surface area contributed by atoms with E-state index in [-0.39, 0.29) is 0 Å². The lowest BCUT2D eigenvalue weighted by molar-refractivity contribution is 0.122. The van der Waals surface area contributed by atoms with Crippen molar-refractivity contribution in [3.05, 3.63) is 60.9 Å². The smallest absolute Gasteiger partial charge is 0.200 e. The standard InChI is InChI=1S/C23H23N5O2S.C2H6/c1-3-30-16(2)17-4-7-22-25-26-23(28(22)15-17)31-20-5-6-21-18(13-20)12-19(14-24-21)27-8-10-29-11-9-27;1-2/h4-7,12-15H,2-3,8-11H2,1H3;1-2H3. The van der Waals surface area contributed by atoms with Crippen LogP contribution in [0.3, 0.4) is 0 Å². The van der Waals surface area contributed by atoms with Crippen molar-refractivity contribution < 1.29 is 9.47 Å². The number of ether oxygens (including phenoxy) is 2. The molecular weight excluding hydrogens is 434 g/mol. The summed E-state index contributed by atoms with van der Waals surface area (Å²) in [7, 11) is 0. The van der Waals surface area contributed by atoms with Gasteiger partial charge >= 0.3 is 0 Å². The number of benzene rings is 1. The van der Waals surface area contributed by atoms with Gasteiger partial charge in [-0.2, -0.15) is 0 Å². The molecule has 1 aromatic carbocycles. The highest BCUT2D eigenvalue weighted by Gasteiger charge is 2.13. The fraction of sp³-hybridized carbons (Fsp3) is 0.320. The lowest BCUT2D eigenvalue weighted by Crippen LogP contribution is -2.36. The number of morpholine rings is 1. The third-order valence-corrected chi connectivity index (χ3v) is 6.19. The van der Waals surface area contributed by atoms with E-state index >= 15 is 0 Å². The van der Waals surface area contributed by atoms with Gasteiger partial charge in [-0.05, 0) is 55.1 Å². The molecule has 0 N–H and O–H groups in total. The predicted molar refractivity (Wildman–Crippen MR) is 134 cm³/mol. The predicted octanol–water partition coefficient (Wildman–Crippen LogP) is 5.30. The number of rotatable bonds is 6. The SMILES string of the molecule is C=C(OCC)c1ccc2nnc(Sc3ccc4ncc(N5CCOCC5)cc4c3)n2c1.CC. The maximum absolute atomic E-state index is 5.55. The second-order valence-corrected chi connectivity index (χ2v) is 8.27. The molecule has 0 radical (unpaired) electrons. The molecule has 4 aromatic rings. The highest BCUT2D eigenvalue weighted by atomic mass is 32.2. The summed E-state index contributed by atoms with van der Waals surface area (Å²) >= 11 is 1.57. The second-order valence-electron chi connectivity index (χ2n) is 7.23. The van der Waals surface area contributed by atoms with Crippen LogP contribution in [-0.2, 0) is 9.47 Å². The van der Waals surface area contributed by atoms with E-state index in [1.807, 2.05) is 55.8 Å². The molecule has 4 heterocycles. The average Bonchev–Trinajstić information content (AvgIpc) is 3.27. The van der Waals surface area contributed by atoms with Crippen LogP contribution in [0.1, 0.15) is 26.3 Å². The maximum Gasteiger partial charge on any atom is 0.200 e. The molecule has 8 heteroatoms. The summed E-state index contributed by atoms with van der Waals surface area (Å²) in [6.07, 6.45) is 3.91. The van der Waals surface area contributed by atoms with Gasteiger partial charge in [-0.15, -0.1) is 10.2 Å². The average molecular weight is 464 g/mol. The molecule has 0 saturated carbocycles. The van der Waals surface area contributed by atoms with E-state index in [2.05, 4.69) is 44.9 Å². The van der Waals surface area contributed by atoms with Crippen molar-refractivity contribution >= 4 is 39.8 Å². The van der Waals surface area contributed by atoms with Gasteiger partial charge < -0.3 is 14.4 Å². The van der Waals surface area contributed by atoms with Gasteiger partial charge in [0.1, 0.15) is 5.76 Å². The Hall–Kier alpha value is -3.10. The zero-order chi connectivity index (χ0) is 23.2. The molecule has 0 unspecified atom stereocenters. The molecule has 3 aromatic heterocycles. The Morgan fingerprint density at radius 1 is 1.12 bits per heavy atom. The minimum Gasteiger partial charge on any atom is -0.494 e. The Kier molecular flexibility index (Phi) is 7.47. The molecule has 1 aliphatic rings. The fourth-order valence-electron chi connectivity index (χ4n) is 3.62. The largest absolute Gasteiger partial charge is 0.494 e. The first kappa shape index (κ1) is 23.1. The van der Waals surface area contributed by atoms with Crippen molar-refractivity contribution in [2.24, 2.45) is 0 Å². The van der Waals surface area contributed by atoms with Crippen LogP contribution in [0.4, 0.5) is 5.69 Å². The van der Waals surface area contributed by atoms with Crippen molar-refractivity contribution in [2.45, 2.75) is 30.8 Å². The Morgan fingerprint density at radius 2 is 1.94 bits per heavy atom. The Labute approximate surface area is 198 Å². The van der Waals surface area contributed by atoms with Crippen molar-refractivity contribution in [2.75, 3.05) is 37.8 Å². The lowest BCUT2D eigenvalue weighted by Gasteiger charge is -2.28. The summed E-state index contributed by atoms with van der Waals surface area (Å²) in [5.74, 6) is 0.640. The molecule has 172 valence electrons. The zero-order valence-electron chi connectivity index (χ0n) is 19.3. The number of pyridine rings is 2. The highest BCUT2D eigenvalue weighted by molar-refractivity contribution is 7.99. The van der Waals surface area contributed by atoms with Crippen LogP contribution in [0.2, 0.25) is 0 Å². The number of hydrogen-bond donors (Lipinski definition) is 0. The molecule has 0 aliphatic carbocycles. The summed E-state index contributed by atoms with van der Waals surface area (Å²) in [6, 6.07) is 12.3. The maximum atomic E-state index is 5.55. The minimum atomic E-state index is 0.582. The molecule has 0 atom stereocenters. The molecule has 0 amide bonds. The second kappa shape index (κ2) is 10.7. The first-order valence-electron chi connectivity index (χ1n) is 11.3. The van der Waals surface area contributed by atoms with Crippen LogP contribution < -0.4 is 4.90 Å². The molecule has 7 nitrogen and oxygen atoms in total.